The van der Waals surface area contributed by atoms with Gasteiger partial charge in [0.05, 0.1) is 6.61 Å². The van der Waals surface area contributed by atoms with Crippen molar-refractivity contribution in [2.75, 3.05) is 23.8 Å². The molecule has 29 heavy (non-hydrogen) atoms. The molecule has 0 aliphatic heterocycles. The average molecular weight is 390 g/mol. The van der Waals surface area contributed by atoms with Crippen LogP contribution in [0.25, 0.3) is 0 Å². The first-order chi connectivity index (χ1) is 14.2. The highest BCUT2D eigenvalue weighted by molar-refractivity contribution is 5.92. The Morgan fingerprint density at radius 3 is 2.41 bits per heavy atom. The number of hydrogen-bond donors (Lipinski definition) is 2. The first-order valence-corrected chi connectivity index (χ1v) is 9.68. The third-order valence-corrected chi connectivity index (χ3v) is 4.36. The van der Waals surface area contributed by atoms with Crippen molar-refractivity contribution >= 4 is 17.3 Å². The van der Waals surface area contributed by atoms with Gasteiger partial charge in [0.15, 0.2) is 18.1 Å². The lowest BCUT2D eigenvalue weighted by Crippen LogP contribution is -2.20. The number of anilines is 2. The molecule has 0 spiro atoms. The molecule has 0 radical (unpaired) electrons. The molecule has 1 amide bonds. The minimum Gasteiger partial charge on any atom is -0.490 e. The molecule has 0 aliphatic carbocycles. The Bertz CT molecular complexity index is 942. The molecule has 5 nitrogen and oxygen atoms in total. The van der Waals surface area contributed by atoms with Crippen molar-refractivity contribution in [3.8, 4) is 11.5 Å². The smallest absolute Gasteiger partial charge is 0.262 e. The first-order valence-electron chi connectivity index (χ1n) is 9.68. The van der Waals surface area contributed by atoms with Gasteiger partial charge in [0.2, 0.25) is 0 Å². The predicted molar refractivity (Wildman–Crippen MR) is 117 cm³/mol. The van der Waals surface area contributed by atoms with E-state index in [1.807, 2.05) is 86.6 Å². The maximum Gasteiger partial charge on any atom is 0.262 e. The van der Waals surface area contributed by atoms with Gasteiger partial charge in [-0.3, -0.25) is 4.79 Å². The molecular formula is C24H26N2O3. The van der Waals surface area contributed by atoms with Gasteiger partial charge in [-0.05, 0) is 55.3 Å². The van der Waals surface area contributed by atoms with Gasteiger partial charge < -0.3 is 20.1 Å². The van der Waals surface area contributed by atoms with Crippen LogP contribution >= 0.6 is 0 Å². The van der Waals surface area contributed by atoms with E-state index >= 15 is 0 Å². The minimum atomic E-state index is -0.212. The highest BCUT2D eigenvalue weighted by atomic mass is 16.5. The normalized spacial score (nSPS) is 10.3. The number of carbonyl (C=O) groups is 1. The second kappa shape index (κ2) is 10.2. The highest BCUT2D eigenvalue weighted by Gasteiger charge is 2.10. The largest absolute Gasteiger partial charge is 0.490 e. The number of para-hydroxylation sites is 2. The molecule has 0 fully saturated rings. The summed E-state index contributed by atoms with van der Waals surface area (Å²) in [7, 11) is 0. The summed E-state index contributed by atoms with van der Waals surface area (Å²) in [4.78, 5) is 12.2. The number of ether oxygens (including phenoxy) is 2. The zero-order valence-corrected chi connectivity index (χ0v) is 16.8. The molecule has 0 bridgehead atoms. The van der Waals surface area contributed by atoms with Crippen LogP contribution in [0.5, 0.6) is 11.5 Å². The van der Waals surface area contributed by atoms with Crippen molar-refractivity contribution in [1.82, 2.24) is 0 Å². The summed E-state index contributed by atoms with van der Waals surface area (Å²) in [5.41, 5.74) is 3.91. The van der Waals surface area contributed by atoms with Crippen LogP contribution in [0.15, 0.2) is 72.8 Å². The van der Waals surface area contributed by atoms with Gasteiger partial charge in [-0.15, -0.1) is 0 Å². The third-order valence-electron chi connectivity index (χ3n) is 4.36. The van der Waals surface area contributed by atoms with E-state index in [0.717, 1.165) is 22.5 Å². The molecule has 3 aromatic rings. The van der Waals surface area contributed by atoms with E-state index in [2.05, 4.69) is 10.6 Å². The number of amides is 1. The topological polar surface area (TPSA) is 59.6 Å². The van der Waals surface area contributed by atoms with Crippen molar-refractivity contribution in [3.63, 3.8) is 0 Å². The molecule has 2 N–H and O–H groups in total. The van der Waals surface area contributed by atoms with Gasteiger partial charge in [-0.1, -0.05) is 42.5 Å². The van der Waals surface area contributed by atoms with Gasteiger partial charge in [0.1, 0.15) is 0 Å². The Morgan fingerprint density at radius 2 is 1.66 bits per heavy atom. The zero-order chi connectivity index (χ0) is 20.5. The van der Waals surface area contributed by atoms with E-state index in [4.69, 9.17) is 9.47 Å². The Hall–Kier alpha value is -3.47. The van der Waals surface area contributed by atoms with Gasteiger partial charge in [-0.25, -0.2) is 0 Å². The molecule has 0 atom stereocenters. The molecule has 0 aromatic heterocycles. The molecular weight excluding hydrogens is 364 g/mol. The van der Waals surface area contributed by atoms with Crippen LogP contribution in [0.4, 0.5) is 11.4 Å². The average Bonchev–Trinajstić information content (AvgIpc) is 2.74. The fraction of sp³-hybridized carbons (Fsp3) is 0.208. The van der Waals surface area contributed by atoms with Crippen molar-refractivity contribution in [2.24, 2.45) is 0 Å². The summed E-state index contributed by atoms with van der Waals surface area (Å²) in [6.45, 7) is 4.96. The van der Waals surface area contributed by atoms with Crippen molar-refractivity contribution < 1.29 is 14.3 Å². The Balaban J connectivity index is 1.60. The van der Waals surface area contributed by atoms with Gasteiger partial charge in [0, 0.05) is 17.9 Å². The molecule has 0 heterocycles. The molecule has 0 saturated carbocycles. The summed E-state index contributed by atoms with van der Waals surface area (Å²) in [6, 6.07) is 23.4. The van der Waals surface area contributed by atoms with Crippen LogP contribution in [0, 0.1) is 6.92 Å². The first kappa shape index (κ1) is 20.3. The number of carbonyl (C=O) groups excluding carboxylic acids is 1. The van der Waals surface area contributed by atoms with Crippen LogP contribution in [0.2, 0.25) is 0 Å². The summed E-state index contributed by atoms with van der Waals surface area (Å²) < 4.78 is 11.4. The second-order valence-electron chi connectivity index (χ2n) is 6.59. The Labute approximate surface area is 171 Å². The molecule has 3 rings (SSSR count). The minimum absolute atomic E-state index is 0.0873. The van der Waals surface area contributed by atoms with E-state index in [1.54, 1.807) is 0 Å². The second-order valence-corrected chi connectivity index (χ2v) is 6.59. The van der Waals surface area contributed by atoms with Crippen LogP contribution in [0.1, 0.15) is 18.1 Å². The molecule has 5 heteroatoms. The molecule has 150 valence electrons. The van der Waals surface area contributed by atoms with Gasteiger partial charge in [-0.2, -0.15) is 0 Å². The predicted octanol–water partition coefficient (Wildman–Crippen LogP) is 5.02. The van der Waals surface area contributed by atoms with Gasteiger partial charge >= 0.3 is 0 Å². The monoisotopic (exact) mass is 390 g/mol. The number of hydrogen-bond acceptors (Lipinski definition) is 4. The van der Waals surface area contributed by atoms with Crippen molar-refractivity contribution in [3.05, 3.63) is 83.9 Å². The third kappa shape index (κ3) is 6.01. The summed E-state index contributed by atoms with van der Waals surface area (Å²) in [5.74, 6) is 0.968. The fourth-order valence-electron chi connectivity index (χ4n) is 2.85. The lowest BCUT2D eigenvalue weighted by atomic mass is 10.2. The highest BCUT2D eigenvalue weighted by Crippen LogP contribution is 2.29. The van der Waals surface area contributed by atoms with Crippen LogP contribution < -0.4 is 20.1 Å². The Morgan fingerprint density at radius 1 is 0.897 bits per heavy atom. The lowest BCUT2D eigenvalue weighted by Gasteiger charge is -2.14. The lowest BCUT2D eigenvalue weighted by molar-refractivity contribution is -0.118. The van der Waals surface area contributed by atoms with Crippen LogP contribution in [-0.4, -0.2) is 19.1 Å². The number of aryl methyl sites for hydroxylation is 1. The van der Waals surface area contributed by atoms with E-state index in [9.17, 15) is 4.79 Å². The van der Waals surface area contributed by atoms with E-state index < -0.39 is 0 Å². The number of nitrogens with one attached hydrogen (secondary N) is 2. The van der Waals surface area contributed by atoms with Crippen LogP contribution in [0.3, 0.4) is 0 Å². The molecule has 0 aliphatic rings. The maximum atomic E-state index is 12.2. The van der Waals surface area contributed by atoms with E-state index in [0.29, 0.717) is 24.7 Å². The fourth-order valence-corrected chi connectivity index (χ4v) is 2.85. The molecule has 0 unspecified atom stereocenters. The summed E-state index contributed by atoms with van der Waals surface area (Å²) in [5, 5.41) is 6.24. The maximum absolute atomic E-state index is 12.2. The molecule has 3 aromatic carbocycles. The summed E-state index contributed by atoms with van der Waals surface area (Å²) in [6.07, 6.45) is 0. The van der Waals surface area contributed by atoms with Gasteiger partial charge in [0.25, 0.3) is 5.91 Å². The number of rotatable bonds is 9. The zero-order valence-electron chi connectivity index (χ0n) is 16.8. The van der Waals surface area contributed by atoms with Crippen molar-refractivity contribution in [2.45, 2.75) is 20.4 Å². The summed E-state index contributed by atoms with van der Waals surface area (Å²) >= 11 is 0. The van der Waals surface area contributed by atoms with Crippen molar-refractivity contribution in [1.29, 1.82) is 0 Å². The number of benzene rings is 3. The molecule has 0 saturated heterocycles. The Kier molecular flexibility index (Phi) is 7.11. The van der Waals surface area contributed by atoms with Crippen LogP contribution in [-0.2, 0) is 11.3 Å². The van der Waals surface area contributed by atoms with E-state index in [1.165, 1.54) is 0 Å². The van der Waals surface area contributed by atoms with E-state index in [-0.39, 0.29) is 12.5 Å². The quantitative estimate of drug-likeness (QED) is 0.538. The standard InChI is InChI=1S/C24H26N2O3/c1-3-28-23-15-19(16-25-20-10-5-4-6-11-20)13-14-22(23)29-17-24(27)26-21-12-8-7-9-18(21)2/h4-15,25H,3,16-17H2,1-2H3,(H,26,27). The SMILES string of the molecule is CCOc1cc(CNc2ccccc2)ccc1OCC(=O)Nc1ccccc1C.